The first-order chi connectivity index (χ1) is 33.9. The topological polar surface area (TPSA) is 91.8 Å². The number of nitrogens with zero attached hydrogens (tertiary/aromatic N) is 2. The van der Waals surface area contributed by atoms with Gasteiger partial charge in [0.25, 0.3) is 0 Å². The highest BCUT2D eigenvalue weighted by atomic mass is 16.5. The van der Waals surface area contributed by atoms with Crippen LogP contribution in [0, 0.1) is 10.6 Å². The molecule has 6 aromatic carbocycles. The first kappa shape index (κ1) is 45.4. The van der Waals surface area contributed by atoms with Gasteiger partial charge in [-0.15, -0.1) is 0 Å². The van der Waals surface area contributed by atoms with Crippen LogP contribution < -0.4 is 15.4 Å². The van der Waals surface area contributed by atoms with Gasteiger partial charge in [-0.1, -0.05) is 153 Å². The predicted molar refractivity (Wildman–Crippen MR) is 289 cm³/mol. The largest absolute Gasteiger partial charge is 0.497 e. The second-order valence-corrected chi connectivity index (χ2v) is 21.9. The average Bonchev–Trinajstić information content (AvgIpc) is 4.19. The quantitative estimate of drug-likeness (QED) is 0.163. The molecule has 71 heavy (non-hydrogen) atoms. The van der Waals surface area contributed by atoms with Crippen molar-refractivity contribution in [3.63, 3.8) is 0 Å². The zero-order valence-corrected chi connectivity index (χ0v) is 42.1. The van der Waals surface area contributed by atoms with E-state index in [2.05, 4.69) is 181 Å². The number of fused-ring (bicyclic) bond motifs is 9. The van der Waals surface area contributed by atoms with Crippen LogP contribution in [0.1, 0.15) is 117 Å². The highest BCUT2D eigenvalue weighted by molar-refractivity contribution is 6.30. The third-order valence-corrected chi connectivity index (χ3v) is 14.1. The normalized spacial score (nSPS) is 14.4. The fourth-order valence-corrected chi connectivity index (χ4v) is 10.1. The minimum absolute atomic E-state index is 0.0193. The van der Waals surface area contributed by atoms with Crippen LogP contribution in [0.2, 0.25) is 0 Å². The number of benzene rings is 6. The molecule has 7 heteroatoms. The summed E-state index contributed by atoms with van der Waals surface area (Å²) in [6, 6.07) is 50.2. The number of carbonyl (C=O) groups is 1. The lowest BCUT2D eigenvalue weighted by atomic mass is 9.83. The summed E-state index contributed by atoms with van der Waals surface area (Å²) in [6.45, 7) is 20.1. The maximum atomic E-state index is 14.6. The number of rotatable bonds is 6. The Kier molecular flexibility index (Phi) is 10.8. The average molecular weight is 931 g/mol. The number of hydrogen-bond acceptors (Lipinski definition) is 5. The Hall–Kier alpha value is -8.03. The molecule has 8 aromatic rings. The highest BCUT2D eigenvalue weighted by Crippen LogP contribution is 2.44. The molecule has 0 radical (unpaired) electrons. The number of aromatic nitrogens is 2. The van der Waals surface area contributed by atoms with Crippen molar-refractivity contribution < 1.29 is 14.3 Å². The van der Waals surface area contributed by atoms with Crippen molar-refractivity contribution >= 4 is 45.1 Å². The van der Waals surface area contributed by atoms with Crippen LogP contribution in [0.15, 0.2) is 173 Å². The third-order valence-electron chi connectivity index (χ3n) is 14.1. The van der Waals surface area contributed by atoms with Crippen molar-refractivity contribution in [1.29, 1.82) is 0 Å². The van der Waals surface area contributed by atoms with E-state index >= 15 is 0 Å². The SMILES string of the molecule is COc1ccc(-c2c3c4c(c5ccc(C(C)(C)C)cc25)=c2ccc([nH]2)=C(c2ccc(C(C)(C)C)cc2)C2=NC(=C(c5ccc(C(C)(C)C)cc5)c5ccc([nH]5)C(=C3OC(=O)c3ccccc3)N=4)C=C2)cc1. The lowest BCUT2D eigenvalue weighted by Crippen LogP contribution is -2.17. The summed E-state index contributed by atoms with van der Waals surface area (Å²) in [6.07, 6.45) is 4.26. The van der Waals surface area contributed by atoms with E-state index in [4.69, 9.17) is 19.5 Å². The fraction of sp³-hybridized carbons (Fsp3) is 0.203. The predicted octanol–water partition coefficient (Wildman–Crippen LogP) is 13.6. The van der Waals surface area contributed by atoms with Gasteiger partial charge in [-0.25, -0.2) is 14.8 Å². The third kappa shape index (κ3) is 8.09. The van der Waals surface area contributed by atoms with Gasteiger partial charge in [0.2, 0.25) is 0 Å². The minimum Gasteiger partial charge on any atom is -0.497 e. The summed E-state index contributed by atoms with van der Waals surface area (Å²) in [5, 5.41) is 5.38. The Morgan fingerprint density at radius 2 is 1.11 bits per heavy atom. The van der Waals surface area contributed by atoms with E-state index in [9.17, 15) is 4.79 Å². The van der Waals surface area contributed by atoms with Gasteiger partial charge in [0.15, 0.2) is 5.76 Å². The Morgan fingerprint density at radius 1 is 0.521 bits per heavy atom. The number of aromatic amines is 2. The number of methoxy groups -OCH3 is 1. The van der Waals surface area contributed by atoms with Crippen molar-refractivity contribution in [3.8, 4) is 16.9 Å². The summed E-state index contributed by atoms with van der Waals surface area (Å²) in [7, 11) is 1.68. The van der Waals surface area contributed by atoms with E-state index in [1.807, 2.05) is 36.4 Å². The number of esters is 1. The van der Waals surface area contributed by atoms with E-state index in [1.54, 1.807) is 19.2 Å². The number of aliphatic imine (C=N–C) groups is 1. The number of carbonyl (C=O) groups excluding carboxylic acids is 1. The molecule has 0 atom stereocenters. The van der Waals surface area contributed by atoms with E-state index in [-0.39, 0.29) is 16.2 Å². The van der Waals surface area contributed by atoms with Gasteiger partial charge in [-0.05, 0) is 127 Å². The molecular formula is C64H58N4O3. The minimum atomic E-state index is -0.480. The second-order valence-electron chi connectivity index (χ2n) is 21.9. The zero-order chi connectivity index (χ0) is 49.6. The molecule has 2 aromatic heterocycles. The lowest BCUT2D eigenvalue weighted by molar-refractivity contribution is 0.0693. The molecule has 0 saturated heterocycles. The van der Waals surface area contributed by atoms with Gasteiger partial charge in [-0.3, -0.25) is 0 Å². The van der Waals surface area contributed by atoms with Gasteiger partial charge in [-0.2, -0.15) is 0 Å². The van der Waals surface area contributed by atoms with Crippen molar-refractivity contribution in [2.24, 2.45) is 9.98 Å². The molecule has 5 heterocycles. The highest BCUT2D eigenvalue weighted by Gasteiger charge is 2.32. The number of ether oxygens (including phenoxy) is 2. The number of allylic oxidation sites excluding steroid dienone is 2. The van der Waals surface area contributed by atoms with E-state index in [0.717, 1.165) is 88.5 Å². The number of nitrogens with one attached hydrogen (secondary N) is 2. The van der Waals surface area contributed by atoms with Crippen molar-refractivity contribution in [3.05, 3.63) is 235 Å². The van der Waals surface area contributed by atoms with Gasteiger partial charge >= 0.3 is 5.97 Å². The first-order valence-electron chi connectivity index (χ1n) is 24.5. The first-order valence-corrected chi connectivity index (χ1v) is 24.5. The van der Waals surface area contributed by atoms with Gasteiger partial charge in [0.1, 0.15) is 11.4 Å². The summed E-state index contributed by atoms with van der Waals surface area (Å²) in [5.41, 5.74) is 14.2. The van der Waals surface area contributed by atoms with Crippen molar-refractivity contribution in [2.45, 2.75) is 78.6 Å². The monoisotopic (exact) mass is 930 g/mol. The molecule has 0 aliphatic carbocycles. The summed E-state index contributed by atoms with van der Waals surface area (Å²) < 4.78 is 12.5. The lowest BCUT2D eigenvalue weighted by Gasteiger charge is -2.22. The summed E-state index contributed by atoms with van der Waals surface area (Å²) >= 11 is 0. The maximum absolute atomic E-state index is 14.6. The molecular weight excluding hydrogens is 873 g/mol. The standard InChI is InChI=1S/C64H58N4O3/c1-62(2,3)41-22-16-38(17-23-41)54-47-30-31-48(65-47)55(39-18-24-42(25-19-39)63(4,5)6)50-34-35-52(67-50)58-60(71-61(69)40-14-12-11-13-15-40)57-53(37-20-27-44(70-10)28-21-37)46-36-43(64(7,8)9)26-29-45(46)56(59(57)68-58)51-33-32-49(54)66-51/h11-36,66-67H,1-10H3. The smallest absolute Gasteiger partial charge is 0.343 e. The van der Waals surface area contributed by atoms with Crippen molar-refractivity contribution in [1.82, 2.24) is 9.97 Å². The summed E-state index contributed by atoms with van der Waals surface area (Å²) in [5.74, 6) is 0.627. The summed E-state index contributed by atoms with van der Waals surface area (Å²) in [4.78, 5) is 33.5. The van der Waals surface area contributed by atoms with Gasteiger partial charge < -0.3 is 19.4 Å². The van der Waals surface area contributed by atoms with Crippen LogP contribution >= 0.6 is 0 Å². The molecule has 0 fully saturated rings. The van der Waals surface area contributed by atoms with Crippen LogP contribution in [0.4, 0.5) is 0 Å². The van der Waals surface area contributed by atoms with Crippen LogP contribution in [0.5, 0.6) is 5.75 Å². The Balaban J connectivity index is 1.32. The van der Waals surface area contributed by atoms with Gasteiger partial charge in [0.05, 0.1) is 40.7 Å². The molecule has 0 amide bonds. The molecule has 7 nitrogen and oxygen atoms in total. The molecule has 0 unspecified atom stereocenters. The number of H-pyrrole nitrogens is 2. The Labute approximate surface area is 415 Å². The van der Waals surface area contributed by atoms with Gasteiger partial charge in [0, 0.05) is 38.3 Å². The molecule has 2 N–H and O–H groups in total. The maximum Gasteiger partial charge on any atom is 0.343 e. The number of hydrogen-bond donors (Lipinski definition) is 2. The Morgan fingerprint density at radius 3 is 1.75 bits per heavy atom. The van der Waals surface area contributed by atoms with Crippen molar-refractivity contribution in [2.75, 3.05) is 7.11 Å². The Bertz CT molecular complexity index is 3840. The molecule has 352 valence electrons. The molecule has 0 spiro atoms. The second kappa shape index (κ2) is 16.8. The molecule has 0 saturated carbocycles. The molecule has 3 aliphatic heterocycles. The van der Waals surface area contributed by atoms with E-state index in [1.165, 1.54) is 16.7 Å². The molecule has 3 aliphatic rings. The van der Waals surface area contributed by atoms with Crippen LogP contribution in [-0.4, -0.2) is 28.8 Å². The van der Waals surface area contributed by atoms with E-state index in [0.29, 0.717) is 28.1 Å². The van der Waals surface area contributed by atoms with E-state index < -0.39 is 5.97 Å². The zero-order valence-electron chi connectivity index (χ0n) is 42.1. The molecule has 11 rings (SSSR count). The van der Waals surface area contributed by atoms with Crippen LogP contribution in [0.3, 0.4) is 0 Å². The van der Waals surface area contributed by atoms with Crippen LogP contribution in [0.25, 0.3) is 44.5 Å². The molecule has 8 bridgehead atoms. The fourth-order valence-electron chi connectivity index (χ4n) is 10.1. The van der Waals surface area contributed by atoms with Crippen LogP contribution in [-0.2, 0) is 21.0 Å².